The fraction of sp³-hybridized carbons (Fsp3) is 0.176. The van der Waals surface area contributed by atoms with Gasteiger partial charge in [0.1, 0.15) is 0 Å². The van der Waals surface area contributed by atoms with E-state index in [1.807, 2.05) is 18.2 Å². The molecular weight excluding hydrogens is 350 g/mol. The highest BCUT2D eigenvalue weighted by Crippen LogP contribution is 2.07. The highest BCUT2D eigenvalue weighted by Gasteiger charge is 2.17. The van der Waals surface area contributed by atoms with Gasteiger partial charge in [0.25, 0.3) is 0 Å². The van der Waals surface area contributed by atoms with Crippen molar-refractivity contribution in [2.24, 2.45) is 0 Å². The largest absolute Gasteiger partial charge is 0.337 e. The van der Waals surface area contributed by atoms with Gasteiger partial charge in [0.15, 0.2) is 5.82 Å². The van der Waals surface area contributed by atoms with Crippen LogP contribution < -0.4 is 17.1 Å². The fourth-order valence-corrected chi connectivity index (χ4v) is 2.60. The summed E-state index contributed by atoms with van der Waals surface area (Å²) >= 11 is 0. The molecule has 0 radical (unpaired) electrons. The van der Waals surface area contributed by atoms with E-state index in [2.05, 4.69) is 28.7 Å². The van der Waals surface area contributed by atoms with Crippen LogP contribution in [0.1, 0.15) is 5.82 Å². The van der Waals surface area contributed by atoms with Crippen LogP contribution in [0, 0.1) is 0 Å². The van der Waals surface area contributed by atoms with Crippen molar-refractivity contribution in [3.8, 4) is 5.69 Å². The van der Waals surface area contributed by atoms with Crippen LogP contribution in [-0.2, 0) is 19.6 Å². The Bertz CT molecular complexity index is 1100. The van der Waals surface area contributed by atoms with Crippen molar-refractivity contribution < 1.29 is 0 Å². The van der Waals surface area contributed by atoms with Gasteiger partial charge in [0, 0.05) is 0 Å². The van der Waals surface area contributed by atoms with Gasteiger partial charge in [0.2, 0.25) is 0 Å². The minimum atomic E-state index is -0.757. The van der Waals surface area contributed by atoms with Crippen molar-refractivity contribution in [2.45, 2.75) is 19.6 Å². The Morgan fingerprint density at radius 1 is 0.852 bits per heavy atom. The van der Waals surface area contributed by atoms with Gasteiger partial charge in [-0.25, -0.2) is 28.1 Å². The molecule has 3 aromatic rings. The number of hydrogen-bond donors (Lipinski definition) is 0. The molecule has 0 aliphatic heterocycles. The first kappa shape index (κ1) is 18.0. The second-order valence-electron chi connectivity index (χ2n) is 5.57. The molecule has 0 saturated carbocycles. The molecule has 0 unspecified atom stereocenters. The molecule has 0 spiro atoms. The summed E-state index contributed by atoms with van der Waals surface area (Å²) in [4.78, 5) is 37.8. The lowest BCUT2D eigenvalue weighted by molar-refractivity contribution is 0.489. The van der Waals surface area contributed by atoms with E-state index in [4.69, 9.17) is 0 Å². The third-order valence-electron chi connectivity index (χ3n) is 3.84. The molecule has 138 valence electrons. The third-order valence-corrected chi connectivity index (χ3v) is 3.84. The summed E-state index contributed by atoms with van der Waals surface area (Å²) in [6.45, 7) is 6.83. The molecule has 27 heavy (non-hydrogen) atoms. The van der Waals surface area contributed by atoms with Gasteiger partial charge < -0.3 is 0 Å². The Hall–Kier alpha value is -3.82. The molecule has 0 amide bonds. The molecule has 3 rings (SSSR count). The fourth-order valence-electron chi connectivity index (χ4n) is 2.60. The lowest BCUT2D eigenvalue weighted by atomic mass is 10.3. The third kappa shape index (κ3) is 3.32. The van der Waals surface area contributed by atoms with Crippen LogP contribution in [0.5, 0.6) is 0 Å². The maximum atomic E-state index is 12.7. The van der Waals surface area contributed by atoms with Crippen molar-refractivity contribution in [3.63, 3.8) is 0 Å². The van der Waals surface area contributed by atoms with Gasteiger partial charge in [-0.2, -0.15) is 4.68 Å². The van der Waals surface area contributed by atoms with Crippen molar-refractivity contribution in [1.29, 1.82) is 0 Å². The summed E-state index contributed by atoms with van der Waals surface area (Å²) in [7, 11) is 0. The molecule has 10 heteroatoms. The van der Waals surface area contributed by atoms with Crippen LogP contribution in [0.2, 0.25) is 0 Å². The van der Waals surface area contributed by atoms with Gasteiger partial charge in [-0.15, -0.1) is 18.3 Å². The van der Waals surface area contributed by atoms with Crippen LogP contribution in [0.25, 0.3) is 5.69 Å². The van der Waals surface area contributed by atoms with E-state index in [-0.39, 0.29) is 25.5 Å². The average molecular weight is 367 g/mol. The number of benzene rings is 1. The molecule has 1 aromatic carbocycles. The number of tetrazole rings is 1. The predicted molar refractivity (Wildman–Crippen MR) is 97.9 cm³/mol. The summed E-state index contributed by atoms with van der Waals surface area (Å²) in [6, 6.07) is 9.05. The molecule has 0 aliphatic carbocycles. The molecule has 0 saturated heterocycles. The van der Waals surface area contributed by atoms with Crippen LogP contribution >= 0.6 is 0 Å². The van der Waals surface area contributed by atoms with Crippen LogP contribution in [0.15, 0.2) is 70.0 Å². The lowest BCUT2D eigenvalue weighted by Crippen LogP contribution is -2.54. The maximum Gasteiger partial charge on any atom is 0.337 e. The number of allylic oxidation sites excluding steroid dienone is 2. The summed E-state index contributed by atoms with van der Waals surface area (Å²) in [5, 5.41) is 11.4. The first-order valence-electron chi connectivity index (χ1n) is 8.07. The van der Waals surface area contributed by atoms with E-state index in [1.165, 1.54) is 16.8 Å². The minimum absolute atomic E-state index is 0.0291. The molecule has 0 N–H and O–H groups in total. The van der Waals surface area contributed by atoms with E-state index in [1.54, 1.807) is 12.1 Å². The molecule has 0 aliphatic rings. The van der Waals surface area contributed by atoms with E-state index in [0.717, 1.165) is 13.7 Å². The van der Waals surface area contributed by atoms with Crippen molar-refractivity contribution in [3.05, 3.63) is 92.9 Å². The smallest absolute Gasteiger partial charge is 0.247 e. The van der Waals surface area contributed by atoms with Crippen molar-refractivity contribution >= 4 is 0 Å². The van der Waals surface area contributed by atoms with Gasteiger partial charge in [-0.05, 0) is 22.6 Å². The number of nitrogens with zero attached hydrogens (tertiary/aromatic N) is 7. The molecule has 10 nitrogen and oxygen atoms in total. The first-order chi connectivity index (χ1) is 13.1. The Kier molecular flexibility index (Phi) is 5.06. The topological polar surface area (TPSA) is 110 Å². The highest BCUT2D eigenvalue weighted by molar-refractivity contribution is 5.30. The Morgan fingerprint density at radius 3 is 1.96 bits per heavy atom. The zero-order chi connectivity index (χ0) is 19.4. The van der Waals surface area contributed by atoms with Crippen molar-refractivity contribution in [1.82, 2.24) is 33.9 Å². The molecular formula is C17H17N7O3. The van der Waals surface area contributed by atoms with Gasteiger partial charge >= 0.3 is 17.1 Å². The number of hydrogen-bond acceptors (Lipinski definition) is 6. The van der Waals surface area contributed by atoms with Crippen LogP contribution in [0.4, 0.5) is 0 Å². The molecule has 0 bridgehead atoms. The zero-order valence-electron chi connectivity index (χ0n) is 14.4. The summed E-state index contributed by atoms with van der Waals surface area (Å²) < 4.78 is 4.19. The maximum absolute atomic E-state index is 12.7. The van der Waals surface area contributed by atoms with Gasteiger partial charge in [-0.3, -0.25) is 0 Å². The first-order valence-corrected chi connectivity index (χ1v) is 8.07. The standard InChI is InChI=1S/C17H17N7O3/c1-3-10-21-15(25)22(11-4-2)17(27)23(16(21)26)12-14-18-19-20-24(14)13-8-6-5-7-9-13/h3-9H,1-2,10-12H2. The summed E-state index contributed by atoms with van der Waals surface area (Å²) in [5.74, 6) is 0.273. The second-order valence-corrected chi connectivity index (χ2v) is 5.57. The van der Waals surface area contributed by atoms with E-state index in [9.17, 15) is 14.4 Å². The Labute approximate surface area is 152 Å². The van der Waals surface area contributed by atoms with Crippen LogP contribution in [0.3, 0.4) is 0 Å². The molecule has 0 fully saturated rings. The quantitative estimate of drug-likeness (QED) is 0.524. The highest BCUT2D eigenvalue weighted by atomic mass is 16.2. The van der Waals surface area contributed by atoms with Gasteiger partial charge in [-0.1, -0.05) is 30.4 Å². The van der Waals surface area contributed by atoms with Crippen molar-refractivity contribution in [2.75, 3.05) is 0 Å². The Morgan fingerprint density at radius 2 is 1.41 bits per heavy atom. The molecule has 2 heterocycles. The SMILES string of the molecule is C=CCn1c(=O)n(CC=C)c(=O)n(Cc2nnnn2-c2ccccc2)c1=O. The van der Waals surface area contributed by atoms with E-state index < -0.39 is 17.1 Å². The normalized spacial score (nSPS) is 10.7. The molecule has 2 aromatic heterocycles. The number of para-hydroxylation sites is 1. The lowest BCUT2D eigenvalue weighted by Gasteiger charge is -2.12. The Balaban J connectivity index is 2.17. The monoisotopic (exact) mass is 367 g/mol. The van der Waals surface area contributed by atoms with E-state index >= 15 is 0 Å². The average Bonchev–Trinajstić information content (AvgIpc) is 3.15. The predicted octanol–water partition coefficient (Wildman–Crippen LogP) is -0.432. The minimum Gasteiger partial charge on any atom is -0.247 e. The summed E-state index contributed by atoms with van der Waals surface area (Å²) in [5.41, 5.74) is -1.55. The van der Waals surface area contributed by atoms with Crippen LogP contribution in [-0.4, -0.2) is 33.9 Å². The summed E-state index contributed by atoms with van der Waals surface area (Å²) in [6.07, 6.45) is 2.81. The second kappa shape index (κ2) is 7.60. The van der Waals surface area contributed by atoms with Gasteiger partial charge in [0.05, 0.1) is 25.3 Å². The number of aromatic nitrogens is 7. The van der Waals surface area contributed by atoms with E-state index in [0.29, 0.717) is 5.69 Å². The zero-order valence-corrected chi connectivity index (χ0v) is 14.4. The molecule has 0 atom stereocenters. The number of rotatable bonds is 7.